The lowest BCUT2D eigenvalue weighted by Gasteiger charge is -2.64. The van der Waals surface area contributed by atoms with Crippen LogP contribution < -0.4 is 0 Å². The minimum absolute atomic E-state index is 0.201. The number of aliphatic hydroxyl groups is 1. The summed E-state index contributed by atoms with van der Waals surface area (Å²) in [6.45, 7) is 9.21. The Labute approximate surface area is 152 Å². The number of ether oxygens (including phenoxy) is 1. The van der Waals surface area contributed by atoms with Crippen molar-refractivity contribution in [3.63, 3.8) is 0 Å². The van der Waals surface area contributed by atoms with Crippen LogP contribution in [0.3, 0.4) is 0 Å². The smallest absolute Gasteiger partial charge is 0.302 e. The number of hydrogen-bond acceptors (Lipinski definition) is 3. The molecule has 0 radical (unpaired) electrons. The van der Waals surface area contributed by atoms with Gasteiger partial charge in [0.2, 0.25) is 0 Å². The zero-order chi connectivity index (χ0) is 18.1. The van der Waals surface area contributed by atoms with Crippen molar-refractivity contribution >= 4 is 5.97 Å². The maximum Gasteiger partial charge on any atom is 0.302 e. The molecule has 0 amide bonds. The fraction of sp³-hybridized carbons (Fsp3) is 0.955. The molecule has 0 saturated heterocycles. The number of carbonyl (C=O) groups excluding carboxylic acids is 1. The summed E-state index contributed by atoms with van der Waals surface area (Å²) in [5.74, 6) is 1.61. The molecule has 0 aromatic carbocycles. The van der Waals surface area contributed by atoms with Crippen molar-refractivity contribution in [2.45, 2.75) is 91.1 Å². The maximum absolute atomic E-state index is 11.3. The largest absolute Gasteiger partial charge is 0.463 e. The summed E-state index contributed by atoms with van der Waals surface area (Å²) in [6.07, 6.45) is 11.0. The van der Waals surface area contributed by atoms with Crippen molar-refractivity contribution in [1.29, 1.82) is 0 Å². The van der Waals surface area contributed by atoms with Crippen molar-refractivity contribution in [1.82, 2.24) is 0 Å². The molecule has 6 atom stereocenters. The Bertz CT molecular complexity index is 570. The van der Waals surface area contributed by atoms with Crippen LogP contribution in [0, 0.1) is 34.0 Å². The summed E-state index contributed by atoms with van der Waals surface area (Å²) in [5, 5.41) is 11.3. The summed E-state index contributed by atoms with van der Waals surface area (Å²) in [6, 6.07) is 0. The van der Waals surface area contributed by atoms with Crippen LogP contribution in [0.4, 0.5) is 0 Å². The topological polar surface area (TPSA) is 46.5 Å². The number of rotatable bonds is 2. The van der Waals surface area contributed by atoms with E-state index in [1.807, 2.05) is 0 Å². The number of hydrogen-bond donors (Lipinski definition) is 1. The highest BCUT2D eigenvalue weighted by molar-refractivity contribution is 5.66. The van der Waals surface area contributed by atoms with E-state index in [9.17, 15) is 9.90 Å². The Balaban J connectivity index is 1.63. The standard InChI is InChI=1S/C22H36O3/c1-15(23)25-14-22(24)13-21-11-8-17-19(2,3)9-5-10-20(17,4)18(21)7-6-16(22)12-21/h16-18,24H,5-14H2,1-4H3/t16-,17+,18-,20-,21+,22-/m0/s1. The molecule has 2 bridgehead atoms. The van der Waals surface area contributed by atoms with Crippen molar-refractivity contribution < 1.29 is 14.6 Å². The fourth-order valence-corrected chi connectivity index (χ4v) is 8.34. The van der Waals surface area contributed by atoms with Gasteiger partial charge in [0.05, 0.1) is 0 Å². The lowest BCUT2D eigenvalue weighted by Crippen LogP contribution is -2.55. The van der Waals surface area contributed by atoms with Gasteiger partial charge in [0.25, 0.3) is 0 Å². The van der Waals surface area contributed by atoms with Crippen LogP contribution in [0.5, 0.6) is 0 Å². The van der Waals surface area contributed by atoms with Gasteiger partial charge in [-0.15, -0.1) is 0 Å². The fourth-order valence-electron chi connectivity index (χ4n) is 8.34. The van der Waals surface area contributed by atoms with Crippen molar-refractivity contribution in [3.05, 3.63) is 0 Å². The first kappa shape index (κ1) is 17.8. The van der Waals surface area contributed by atoms with Gasteiger partial charge in [-0.25, -0.2) is 0 Å². The zero-order valence-corrected chi connectivity index (χ0v) is 16.6. The van der Waals surface area contributed by atoms with Gasteiger partial charge in [-0.05, 0) is 85.4 Å². The van der Waals surface area contributed by atoms with E-state index in [1.165, 1.54) is 45.4 Å². The first-order valence-corrected chi connectivity index (χ1v) is 10.5. The number of fused-ring (bicyclic) bond motifs is 3. The predicted octanol–water partition coefficient (Wildman–Crippen LogP) is 4.71. The second-order valence-corrected chi connectivity index (χ2v) is 10.9. The molecule has 1 N–H and O–H groups in total. The summed E-state index contributed by atoms with van der Waals surface area (Å²) in [7, 11) is 0. The Hall–Kier alpha value is -0.570. The van der Waals surface area contributed by atoms with Gasteiger partial charge in [0.15, 0.2) is 0 Å². The molecular formula is C22H36O3. The molecule has 4 aliphatic rings. The third kappa shape index (κ3) is 2.51. The van der Waals surface area contributed by atoms with Gasteiger partial charge < -0.3 is 9.84 Å². The molecule has 4 saturated carbocycles. The molecule has 3 heteroatoms. The van der Waals surface area contributed by atoms with Gasteiger partial charge in [-0.3, -0.25) is 4.79 Å². The highest BCUT2D eigenvalue weighted by Crippen LogP contribution is 2.72. The maximum atomic E-state index is 11.3. The Morgan fingerprint density at radius 1 is 1.08 bits per heavy atom. The Morgan fingerprint density at radius 3 is 2.56 bits per heavy atom. The van der Waals surface area contributed by atoms with Crippen LogP contribution >= 0.6 is 0 Å². The third-order valence-electron chi connectivity index (χ3n) is 9.14. The molecule has 0 aromatic heterocycles. The SMILES string of the molecule is CC(=O)OC[C@@]1(O)C[C@]23CC[C@@H]4C(C)(C)CCC[C@]4(C)[C@@H]2CC[C@H]1C3. The van der Waals surface area contributed by atoms with Gasteiger partial charge in [0, 0.05) is 6.92 Å². The minimum Gasteiger partial charge on any atom is -0.463 e. The average molecular weight is 349 g/mol. The van der Waals surface area contributed by atoms with E-state index < -0.39 is 5.60 Å². The van der Waals surface area contributed by atoms with E-state index in [2.05, 4.69) is 20.8 Å². The van der Waals surface area contributed by atoms with Crippen molar-refractivity contribution in [2.75, 3.05) is 6.61 Å². The van der Waals surface area contributed by atoms with Crippen LogP contribution in [-0.2, 0) is 9.53 Å². The van der Waals surface area contributed by atoms with E-state index in [0.29, 0.717) is 16.7 Å². The van der Waals surface area contributed by atoms with Crippen LogP contribution in [0.2, 0.25) is 0 Å². The number of esters is 1. The van der Waals surface area contributed by atoms with E-state index in [0.717, 1.165) is 31.1 Å². The molecule has 0 unspecified atom stereocenters. The molecule has 0 aliphatic heterocycles. The average Bonchev–Trinajstić information content (AvgIpc) is 2.71. The molecular weight excluding hydrogens is 312 g/mol. The molecule has 0 heterocycles. The second-order valence-electron chi connectivity index (χ2n) is 10.9. The summed E-state index contributed by atoms with van der Waals surface area (Å²) in [5.41, 5.74) is 0.389. The predicted molar refractivity (Wildman–Crippen MR) is 97.9 cm³/mol. The summed E-state index contributed by atoms with van der Waals surface area (Å²) >= 11 is 0. The highest BCUT2D eigenvalue weighted by Gasteiger charge is 2.67. The van der Waals surface area contributed by atoms with E-state index in [1.54, 1.807) is 0 Å². The van der Waals surface area contributed by atoms with Gasteiger partial charge in [-0.2, -0.15) is 0 Å². The van der Waals surface area contributed by atoms with E-state index in [-0.39, 0.29) is 18.0 Å². The Morgan fingerprint density at radius 2 is 1.84 bits per heavy atom. The molecule has 4 aliphatic carbocycles. The van der Waals surface area contributed by atoms with E-state index >= 15 is 0 Å². The highest BCUT2D eigenvalue weighted by atomic mass is 16.5. The monoisotopic (exact) mass is 348 g/mol. The van der Waals surface area contributed by atoms with Crippen LogP contribution in [0.1, 0.15) is 85.5 Å². The van der Waals surface area contributed by atoms with Gasteiger partial charge in [-0.1, -0.05) is 27.2 Å². The molecule has 4 fully saturated rings. The van der Waals surface area contributed by atoms with Crippen LogP contribution in [0.15, 0.2) is 0 Å². The summed E-state index contributed by atoms with van der Waals surface area (Å²) in [4.78, 5) is 11.3. The quantitative estimate of drug-likeness (QED) is 0.735. The molecule has 4 rings (SSSR count). The van der Waals surface area contributed by atoms with Gasteiger partial charge >= 0.3 is 5.97 Å². The third-order valence-corrected chi connectivity index (χ3v) is 9.14. The molecule has 142 valence electrons. The zero-order valence-electron chi connectivity index (χ0n) is 16.6. The molecule has 1 spiro atoms. The second kappa shape index (κ2) is 5.47. The number of carbonyl (C=O) groups is 1. The minimum atomic E-state index is -0.784. The van der Waals surface area contributed by atoms with Crippen molar-refractivity contribution in [3.8, 4) is 0 Å². The van der Waals surface area contributed by atoms with Crippen LogP contribution in [0.25, 0.3) is 0 Å². The van der Waals surface area contributed by atoms with E-state index in [4.69, 9.17) is 4.74 Å². The summed E-state index contributed by atoms with van der Waals surface area (Å²) < 4.78 is 5.29. The molecule has 25 heavy (non-hydrogen) atoms. The van der Waals surface area contributed by atoms with Crippen molar-refractivity contribution in [2.24, 2.45) is 34.0 Å². The first-order valence-electron chi connectivity index (χ1n) is 10.5. The van der Waals surface area contributed by atoms with Crippen LogP contribution in [-0.4, -0.2) is 23.3 Å². The van der Waals surface area contributed by atoms with Gasteiger partial charge in [0.1, 0.15) is 12.2 Å². The molecule has 0 aromatic rings. The molecule has 3 nitrogen and oxygen atoms in total. The normalized spacial score (nSPS) is 50.7. The lowest BCUT2D eigenvalue weighted by molar-refractivity contribution is -0.153. The lowest BCUT2D eigenvalue weighted by atomic mass is 9.41. The first-order chi connectivity index (χ1) is 11.6. The Kier molecular flexibility index (Phi) is 3.90.